The van der Waals surface area contributed by atoms with Gasteiger partial charge in [0, 0.05) is 0 Å². The van der Waals surface area contributed by atoms with Gasteiger partial charge < -0.3 is 26.4 Å². The molecule has 9 nitrogen and oxygen atoms in total. The predicted octanol–water partition coefficient (Wildman–Crippen LogP) is -0.119. The van der Waals surface area contributed by atoms with E-state index >= 15 is 0 Å². The summed E-state index contributed by atoms with van der Waals surface area (Å²) < 4.78 is 4.70. The molecule has 0 heterocycles. The fourth-order valence-electron chi connectivity index (χ4n) is 2.74. The van der Waals surface area contributed by atoms with Crippen molar-refractivity contribution >= 4 is 23.7 Å². The number of esters is 1. The summed E-state index contributed by atoms with van der Waals surface area (Å²) in [6.45, 7) is 5.00. The van der Waals surface area contributed by atoms with E-state index in [1.807, 2.05) is 44.2 Å². The molecule has 0 aliphatic heterocycles. The molecule has 0 spiro atoms. The molecule has 1 aromatic carbocycles. The molecule has 0 fully saturated rings. The number of methoxy groups -OCH3 is 1. The van der Waals surface area contributed by atoms with E-state index in [2.05, 4.69) is 16.0 Å². The third kappa shape index (κ3) is 9.04. The van der Waals surface area contributed by atoms with E-state index in [-0.39, 0.29) is 12.5 Å². The van der Waals surface area contributed by atoms with Crippen LogP contribution in [0.2, 0.25) is 0 Å². The monoisotopic (exact) mass is 420 g/mol. The number of carbonyl (C=O) groups is 4. The average Bonchev–Trinajstić information content (AvgIpc) is 2.71. The van der Waals surface area contributed by atoms with E-state index in [4.69, 9.17) is 10.5 Å². The number of nitrogens with two attached hydrogens (primary N) is 1. The molecule has 5 N–H and O–H groups in total. The lowest BCUT2D eigenvalue weighted by Gasteiger charge is -2.21. The van der Waals surface area contributed by atoms with Crippen LogP contribution in [0.4, 0.5) is 0 Å². The van der Waals surface area contributed by atoms with Gasteiger partial charge in [0.1, 0.15) is 12.1 Å². The number of ether oxygens (including phenoxy) is 1. The summed E-state index contributed by atoms with van der Waals surface area (Å²) in [6.07, 6.45) is 0.756. The highest BCUT2D eigenvalue weighted by Crippen LogP contribution is 2.06. The molecule has 3 atom stereocenters. The van der Waals surface area contributed by atoms with Crippen molar-refractivity contribution < 1.29 is 23.9 Å². The zero-order valence-electron chi connectivity index (χ0n) is 17.9. The maximum atomic E-state index is 12.3. The number of hydrogen-bond donors (Lipinski definition) is 4. The number of rotatable bonds is 11. The minimum atomic E-state index is -0.897. The molecule has 1 rings (SSSR count). The molecule has 1 aromatic rings. The fourth-order valence-corrected chi connectivity index (χ4v) is 2.74. The molecular formula is C21H32N4O5. The molecule has 166 valence electrons. The second-order valence-corrected chi connectivity index (χ2v) is 7.52. The number of amides is 3. The Bertz CT molecular complexity index is 723. The van der Waals surface area contributed by atoms with Crippen LogP contribution < -0.4 is 21.7 Å². The molecule has 9 heteroatoms. The Balaban J connectivity index is 2.46. The van der Waals surface area contributed by atoms with E-state index in [1.165, 1.54) is 14.0 Å². The predicted molar refractivity (Wildman–Crippen MR) is 112 cm³/mol. The molecular weight excluding hydrogens is 388 g/mol. The maximum absolute atomic E-state index is 12.3. The molecule has 3 amide bonds. The lowest BCUT2D eigenvalue weighted by Crippen LogP contribution is -2.53. The second kappa shape index (κ2) is 12.6. The van der Waals surface area contributed by atoms with Gasteiger partial charge in [0.2, 0.25) is 17.7 Å². The van der Waals surface area contributed by atoms with Gasteiger partial charge in [-0.05, 0) is 31.2 Å². The minimum Gasteiger partial charge on any atom is -0.467 e. The summed E-state index contributed by atoms with van der Waals surface area (Å²) in [5.41, 5.74) is 6.78. The van der Waals surface area contributed by atoms with Crippen LogP contribution in [0.5, 0.6) is 0 Å². The second-order valence-electron chi connectivity index (χ2n) is 7.52. The van der Waals surface area contributed by atoms with Crippen LogP contribution in [-0.4, -0.2) is 55.5 Å². The van der Waals surface area contributed by atoms with Crippen molar-refractivity contribution in [1.29, 1.82) is 0 Å². The van der Waals surface area contributed by atoms with Gasteiger partial charge >= 0.3 is 5.97 Å². The third-order valence-corrected chi connectivity index (χ3v) is 4.34. The summed E-state index contributed by atoms with van der Waals surface area (Å²) >= 11 is 0. The maximum Gasteiger partial charge on any atom is 0.328 e. The Labute approximate surface area is 177 Å². The average molecular weight is 421 g/mol. The van der Waals surface area contributed by atoms with Gasteiger partial charge in [0.25, 0.3) is 0 Å². The van der Waals surface area contributed by atoms with Gasteiger partial charge in [-0.25, -0.2) is 4.79 Å². The van der Waals surface area contributed by atoms with E-state index in [0.29, 0.717) is 12.8 Å². The SMILES string of the molecule is COC(=O)[C@H](CC(C)C)NC(=O)[C@H](C)NC(=O)CNC(=O)[C@@H](N)Cc1ccccc1. The van der Waals surface area contributed by atoms with Crippen LogP contribution in [0.1, 0.15) is 32.8 Å². The van der Waals surface area contributed by atoms with E-state index in [1.54, 1.807) is 0 Å². The Hall–Kier alpha value is -2.94. The van der Waals surface area contributed by atoms with Crippen LogP contribution in [-0.2, 0) is 30.3 Å². The lowest BCUT2D eigenvalue weighted by atomic mass is 10.0. The highest BCUT2D eigenvalue weighted by molar-refractivity contribution is 5.92. The normalized spacial score (nSPS) is 13.7. The van der Waals surface area contributed by atoms with Crippen LogP contribution in [0.15, 0.2) is 30.3 Å². The Morgan fingerprint density at radius 3 is 2.20 bits per heavy atom. The summed E-state index contributed by atoms with van der Waals surface area (Å²) in [6, 6.07) is 6.81. The van der Waals surface area contributed by atoms with E-state index < -0.39 is 41.8 Å². The molecule has 0 saturated heterocycles. The minimum absolute atomic E-state index is 0.162. The molecule has 0 aliphatic rings. The van der Waals surface area contributed by atoms with Crippen molar-refractivity contribution in [2.75, 3.05) is 13.7 Å². The van der Waals surface area contributed by atoms with Crippen LogP contribution in [0, 0.1) is 5.92 Å². The first kappa shape index (κ1) is 25.1. The van der Waals surface area contributed by atoms with Gasteiger partial charge in [-0.15, -0.1) is 0 Å². The standard InChI is InChI=1S/C21H32N4O5/c1-13(2)10-17(21(29)30-4)25-19(27)14(3)24-18(26)12-23-20(28)16(22)11-15-8-6-5-7-9-15/h5-9,13-14,16-17H,10-12,22H2,1-4H3,(H,23,28)(H,24,26)(H,25,27)/t14-,16-,17-/m0/s1. The highest BCUT2D eigenvalue weighted by atomic mass is 16.5. The van der Waals surface area contributed by atoms with Crippen molar-refractivity contribution in [3.05, 3.63) is 35.9 Å². The molecule has 0 aliphatic carbocycles. The number of benzene rings is 1. The van der Waals surface area contributed by atoms with Gasteiger partial charge in [-0.3, -0.25) is 14.4 Å². The summed E-state index contributed by atoms with van der Waals surface area (Å²) in [5, 5.41) is 7.52. The third-order valence-electron chi connectivity index (χ3n) is 4.34. The molecule has 0 aromatic heterocycles. The van der Waals surface area contributed by atoms with Crippen molar-refractivity contribution in [1.82, 2.24) is 16.0 Å². The van der Waals surface area contributed by atoms with Gasteiger partial charge in [0.15, 0.2) is 0 Å². The summed E-state index contributed by atoms with van der Waals surface area (Å²) in [5.74, 6) is -1.92. The Morgan fingerprint density at radius 2 is 1.63 bits per heavy atom. The van der Waals surface area contributed by atoms with Gasteiger partial charge in [0.05, 0.1) is 19.7 Å². The first-order valence-electron chi connectivity index (χ1n) is 9.88. The van der Waals surface area contributed by atoms with Crippen molar-refractivity contribution in [2.45, 2.75) is 51.7 Å². The van der Waals surface area contributed by atoms with Gasteiger partial charge in [-0.2, -0.15) is 0 Å². The zero-order chi connectivity index (χ0) is 22.7. The van der Waals surface area contributed by atoms with Crippen molar-refractivity contribution in [2.24, 2.45) is 11.7 Å². The first-order valence-corrected chi connectivity index (χ1v) is 9.88. The number of nitrogens with one attached hydrogen (secondary N) is 3. The van der Waals surface area contributed by atoms with Crippen LogP contribution in [0.25, 0.3) is 0 Å². The molecule has 30 heavy (non-hydrogen) atoms. The molecule has 0 saturated carbocycles. The summed E-state index contributed by atoms with van der Waals surface area (Å²) in [4.78, 5) is 48.3. The quantitative estimate of drug-likeness (QED) is 0.368. The number of carbonyl (C=O) groups excluding carboxylic acids is 4. The van der Waals surface area contributed by atoms with E-state index in [0.717, 1.165) is 5.56 Å². The van der Waals surface area contributed by atoms with Gasteiger partial charge in [-0.1, -0.05) is 44.2 Å². The highest BCUT2D eigenvalue weighted by Gasteiger charge is 2.25. The Morgan fingerprint density at radius 1 is 1.00 bits per heavy atom. The molecule has 0 unspecified atom stereocenters. The van der Waals surface area contributed by atoms with Crippen LogP contribution >= 0.6 is 0 Å². The zero-order valence-corrected chi connectivity index (χ0v) is 17.9. The van der Waals surface area contributed by atoms with Crippen molar-refractivity contribution in [3.63, 3.8) is 0 Å². The van der Waals surface area contributed by atoms with Crippen LogP contribution in [0.3, 0.4) is 0 Å². The topological polar surface area (TPSA) is 140 Å². The van der Waals surface area contributed by atoms with Crippen molar-refractivity contribution in [3.8, 4) is 0 Å². The fraction of sp³-hybridized carbons (Fsp3) is 0.524. The largest absolute Gasteiger partial charge is 0.467 e. The summed E-state index contributed by atoms with van der Waals surface area (Å²) in [7, 11) is 1.25. The first-order chi connectivity index (χ1) is 14.1. The molecule has 0 radical (unpaired) electrons. The smallest absolute Gasteiger partial charge is 0.328 e. The lowest BCUT2D eigenvalue weighted by molar-refractivity contribution is -0.145. The molecule has 0 bridgehead atoms. The van der Waals surface area contributed by atoms with E-state index in [9.17, 15) is 19.2 Å². The Kier molecular flexibility index (Phi) is 10.5. The number of hydrogen-bond acceptors (Lipinski definition) is 6.